The van der Waals surface area contributed by atoms with Crippen LogP contribution in [0, 0.1) is 0 Å². The van der Waals surface area contributed by atoms with Gasteiger partial charge in [0.05, 0.1) is 10.9 Å². The van der Waals surface area contributed by atoms with Crippen LogP contribution >= 0.6 is 11.3 Å². The number of thiazole rings is 1. The molecule has 6 heteroatoms. The van der Waals surface area contributed by atoms with Crippen molar-refractivity contribution in [1.82, 2.24) is 10.3 Å². The van der Waals surface area contributed by atoms with E-state index in [0.717, 1.165) is 5.57 Å². The highest BCUT2D eigenvalue weighted by Gasteiger charge is 2.17. The van der Waals surface area contributed by atoms with Gasteiger partial charge in [-0.25, -0.2) is 4.98 Å². The third-order valence-electron chi connectivity index (χ3n) is 2.48. The van der Waals surface area contributed by atoms with Crippen LogP contribution in [-0.2, 0) is 4.79 Å². The maximum absolute atomic E-state index is 12.2. The molecular formula is C15H19N3O2S. The second-order valence-corrected chi connectivity index (χ2v) is 5.79. The highest BCUT2D eigenvalue weighted by Crippen LogP contribution is 2.20. The zero-order valence-corrected chi connectivity index (χ0v) is 13.5. The van der Waals surface area contributed by atoms with Crippen LogP contribution in [0.1, 0.15) is 48.4 Å². The smallest absolute Gasteiger partial charge is 0.270 e. The fraction of sp³-hybridized carbons (Fsp3) is 0.333. The molecule has 0 aliphatic heterocycles. The normalized spacial score (nSPS) is 12.5. The van der Waals surface area contributed by atoms with Gasteiger partial charge in [0, 0.05) is 19.3 Å². The molecule has 1 rings (SSSR count). The number of amides is 1. The van der Waals surface area contributed by atoms with Crippen LogP contribution in [0.5, 0.6) is 0 Å². The Balaban J connectivity index is 2.85. The maximum Gasteiger partial charge on any atom is 0.270 e. The molecule has 21 heavy (non-hydrogen) atoms. The summed E-state index contributed by atoms with van der Waals surface area (Å²) in [4.78, 5) is 32.1. The van der Waals surface area contributed by atoms with Gasteiger partial charge in [0.25, 0.3) is 5.91 Å². The number of rotatable bonds is 6. The summed E-state index contributed by atoms with van der Waals surface area (Å²) in [6, 6.07) is -0.295. The van der Waals surface area contributed by atoms with E-state index in [1.165, 1.54) is 30.7 Å². The van der Waals surface area contributed by atoms with E-state index in [-0.39, 0.29) is 17.7 Å². The number of hydrogen-bond donors (Lipinski definition) is 1. The number of carbonyl (C=O) groups is 2. The SMILES string of the molecule is C=C/N=C(\C=C(C)C)C(=O)NC(C)c1ncc(C(C)=O)s1. The van der Waals surface area contributed by atoms with Crippen LogP contribution in [0.3, 0.4) is 0 Å². The van der Waals surface area contributed by atoms with Crippen LogP contribution in [-0.4, -0.2) is 22.4 Å². The molecule has 1 atom stereocenters. The van der Waals surface area contributed by atoms with E-state index >= 15 is 0 Å². The van der Waals surface area contributed by atoms with Gasteiger partial charge in [-0.1, -0.05) is 12.2 Å². The largest absolute Gasteiger partial charge is 0.342 e. The van der Waals surface area contributed by atoms with Crippen LogP contribution in [0.25, 0.3) is 0 Å². The summed E-state index contributed by atoms with van der Waals surface area (Å²) in [5.74, 6) is -0.334. The Morgan fingerprint density at radius 2 is 2.10 bits per heavy atom. The fourth-order valence-corrected chi connectivity index (χ4v) is 2.33. The number of ketones is 1. The predicted molar refractivity (Wildman–Crippen MR) is 85.7 cm³/mol. The molecule has 0 aliphatic carbocycles. The van der Waals surface area contributed by atoms with Crippen molar-refractivity contribution in [2.75, 3.05) is 0 Å². The number of carbonyl (C=O) groups excluding carboxylic acids is 2. The lowest BCUT2D eigenvalue weighted by Gasteiger charge is -2.11. The Kier molecular flexibility index (Phi) is 6.17. The quantitative estimate of drug-likeness (QED) is 0.648. The molecule has 0 spiro atoms. The van der Waals surface area contributed by atoms with Crippen molar-refractivity contribution in [1.29, 1.82) is 0 Å². The van der Waals surface area contributed by atoms with Crippen molar-refractivity contribution < 1.29 is 9.59 Å². The summed E-state index contributed by atoms with van der Waals surface area (Å²) in [6.07, 6.45) is 4.54. The molecule has 1 aromatic rings. The van der Waals surface area contributed by atoms with Gasteiger partial charge in [-0.05, 0) is 26.8 Å². The molecular weight excluding hydrogens is 286 g/mol. The van der Waals surface area contributed by atoms with Gasteiger partial charge in [0.1, 0.15) is 10.7 Å². The van der Waals surface area contributed by atoms with Crippen molar-refractivity contribution in [2.45, 2.75) is 33.7 Å². The minimum atomic E-state index is -0.303. The van der Waals surface area contributed by atoms with Gasteiger partial charge in [-0.2, -0.15) is 0 Å². The highest BCUT2D eigenvalue weighted by atomic mass is 32.1. The van der Waals surface area contributed by atoms with Gasteiger partial charge in [-0.3, -0.25) is 14.6 Å². The third-order valence-corrected chi connectivity index (χ3v) is 3.76. The number of allylic oxidation sites excluding steroid dienone is 1. The summed E-state index contributed by atoms with van der Waals surface area (Å²) in [6.45, 7) is 10.6. The summed E-state index contributed by atoms with van der Waals surface area (Å²) in [5, 5.41) is 3.50. The lowest BCUT2D eigenvalue weighted by Crippen LogP contribution is -2.32. The summed E-state index contributed by atoms with van der Waals surface area (Å²) in [7, 11) is 0. The van der Waals surface area contributed by atoms with E-state index < -0.39 is 0 Å². The Labute approximate surface area is 128 Å². The molecule has 0 fully saturated rings. The first kappa shape index (κ1) is 17.0. The van der Waals surface area contributed by atoms with Crippen molar-refractivity contribution in [2.24, 2.45) is 4.99 Å². The van der Waals surface area contributed by atoms with Crippen molar-refractivity contribution in [3.8, 4) is 0 Å². The van der Waals surface area contributed by atoms with Gasteiger partial charge in [0.15, 0.2) is 5.78 Å². The summed E-state index contributed by atoms with van der Waals surface area (Å²) in [5.41, 5.74) is 1.26. The topological polar surface area (TPSA) is 71.4 Å². The number of hydrogen-bond acceptors (Lipinski definition) is 5. The Morgan fingerprint density at radius 1 is 1.43 bits per heavy atom. The number of Topliss-reactive ketones (excluding diaryl/α,β-unsaturated/α-hetero) is 1. The molecule has 0 aliphatic rings. The minimum Gasteiger partial charge on any atom is -0.342 e. The Morgan fingerprint density at radius 3 is 2.57 bits per heavy atom. The maximum atomic E-state index is 12.2. The zero-order chi connectivity index (χ0) is 16.0. The van der Waals surface area contributed by atoms with E-state index in [1.54, 1.807) is 6.08 Å². The zero-order valence-electron chi connectivity index (χ0n) is 12.6. The number of nitrogens with zero attached hydrogens (tertiary/aromatic N) is 2. The van der Waals surface area contributed by atoms with E-state index in [9.17, 15) is 9.59 Å². The van der Waals surface area contributed by atoms with E-state index in [0.29, 0.717) is 15.6 Å². The van der Waals surface area contributed by atoms with Crippen LogP contribution < -0.4 is 5.32 Å². The molecule has 0 saturated carbocycles. The Bertz CT molecular complexity index is 610. The van der Waals surface area contributed by atoms with Crippen LogP contribution in [0.2, 0.25) is 0 Å². The van der Waals surface area contributed by atoms with Crippen LogP contribution in [0.15, 0.2) is 35.6 Å². The second kappa shape index (κ2) is 7.64. The molecule has 0 bridgehead atoms. The first-order valence-electron chi connectivity index (χ1n) is 6.46. The number of aliphatic imine (C=N–C) groups is 1. The Hall–Kier alpha value is -2.08. The molecule has 1 unspecified atom stereocenters. The summed E-state index contributed by atoms with van der Waals surface area (Å²) < 4.78 is 0. The lowest BCUT2D eigenvalue weighted by atomic mass is 10.2. The first-order valence-corrected chi connectivity index (χ1v) is 7.28. The molecule has 1 heterocycles. The van der Waals surface area contributed by atoms with Crippen molar-refractivity contribution >= 4 is 28.7 Å². The van der Waals surface area contributed by atoms with Gasteiger partial charge in [0.2, 0.25) is 0 Å². The molecule has 112 valence electrons. The number of aromatic nitrogens is 1. The van der Waals surface area contributed by atoms with E-state index in [4.69, 9.17) is 0 Å². The second-order valence-electron chi connectivity index (χ2n) is 4.73. The van der Waals surface area contributed by atoms with Gasteiger partial charge in [-0.15, -0.1) is 11.3 Å². The molecule has 1 amide bonds. The highest BCUT2D eigenvalue weighted by molar-refractivity contribution is 7.13. The predicted octanol–water partition coefficient (Wildman–Crippen LogP) is 3.07. The summed E-state index contributed by atoms with van der Waals surface area (Å²) >= 11 is 1.28. The third kappa shape index (κ3) is 5.07. The molecule has 0 saturated heterocycles. The average Bonchev–Trinajstić information content (AvgIpc) is 2.87. The number of nitrogens with one attached hydrogen (secondary N) is 1. The monoisotopic (exact) mass is 305 g/mol. The van der Waals surface area contributed by atoms with Gasteiger partial charge < -0.3 is 5.32 Å². The standard InChI is InChI=1S/C15H19N3O2S/c1-6-16-12(7-9(2)3)14(20)18-10(4)15-17-8-13(21-15)11(5)19/h6-8,10H,1H2,2-5H3,(H,18,20)/b16-12+. The van der Waals surface area contributed by atoms with Crippen LogP contribution in [0.4, 0.5) is 0 Å². The van der Waals surface area contributed by atoms with Crippen molar-refractivity contribution in [3.63, 3.8) is 0 Å². The van der Waals surface area contributed by atoms with E-state index in [1.807, 2.05) is 20.8 Å². The van der Waals surface area contributed by atoms with Crippen molar-refractivity contribution in [3.05, 3.63) is 40.5 Å². The molecule has 0 radical (unpaired) electrons. The molecule has 0 aromatic carbocycles. The fourth-order valence-electron chi connectivity index (χ4n) is 1.52. The first-order chi connectivity index (χ1) is 9.85. The molecule has 1 aromatic heterocycles. The molecule has 5 nitrogen and oxygen atoms in total. The lowest BCUT2D eigenvalue weighted by molar-refractivity contribution is -0.115. The minimum absolute atomic E-state index is 0.0317. The van der Waals surface area contributed by atoms with Gasteiger partial charge >= 0.3 is 0 Å². The average molecular weight is 305 g/mol. The van der Waals surface area contributed by atoms with E-state index in [2.05, 4.69) is 21.9 Å². The molecule has 1 N–H and O–H groups in total.